The molecule has 1 atom stereocenters. The second-order valence-electron chi connectivity index (χ2n) is 5.70. The maximum Gasteiger partial charge on any atom is 0.200 e. The lowest BCUT2D eigenvalue weighted by atomic mass is 10.1. The van der Waals surface area contributed by atoms with Crippen molar-refractivity contribution < 1.29 is 14.2 Å². The lowest BCUT2D eigenvalue weighted by Gasteiger charge is -2.16. The predicted octanol–water partition coefficient (Wildman–Crippen LogP) is 3.65. The summed E-state index contributed by atoms with van der Waals surface area (Å²) in [5.41, 5.74) is 1.93. The van der Waals surface area contributed by atoms with Gasteiger partial charge in [0.05, 0.1) is 19.4 Å². The largest absolute Gasteiger partial charge is 0.493 e. The summed E-state index contributed by atoms with van der Waals surface area (Å²) in [7, 11) is 1.64. The number of hydrogen-bond donors (Lipinski definition) is 0. The third kappa shape index (κ3) is 3.09. The van der Waals surface area contributed by atoms with E-state index in [0.717, 1.165) is 30.7 Å². The quantitative estimate of drug-likeness (QED) is 0.845. The number of aromatic nitrogens is 2. The van der Waals surface area contributed by atoms with E-state index in [-0.39, 0.29) is 6.29 Å². The van der Waals surface area contributed by atoms with Gasteiger partial charge < -0.3 is 14.2 Å². The van der Waals surface area contributed by atoms with Crippen LogP contribution in [0.5, 0.6) is 11.5 Å². The third-order valence-corrected chi connectivity index (χ3v) is 3.74. The van der Waals surface area contributed by atoms with Gasteiger partial charge in [0.1, 0.15) is 0 Å². The van der Waals surface area contributed by atoms with Crippen LogP contribution in [-0.4, -0.2) is 29.8 Å². The van der Waals surface area contributed by atoms with Gasteiger partial charge in [0.2, 0.25) is 0 Å². The Hall–Kier alpha value is -2.01. The minimum Gasteiger partial charge on any atom is -0.493 e. The zero-order valence-corrected chi connectivity index (χ0v) is 13.3. The number of ether oxygens (including phenoxy) is 3. The summed E-state index contributed by atoms with van der Waals surface area (Å²) >= 11 is 0. The van der Waals surface area contributed by atoms with Crippen LogP contribution in [0, 0.1) is 0 Å². The Labute approximate surface area is 130 Å². The molecule has 1 fully saturated rings. The van der Waals surface area contributed by atoms with Crippen molar-refractivity contribution in [3.05, 3.63) is 30.5 Å². The fraction of sp³-hybridized carbons (Fsp3) is 0.471. The van der Waals surface area contributed by atoms with Gasteiger partial charge in [-0.15, -0.1) is 0 Å². The summed E-state index contributed by atoms with van der Waals surface area (Å²) in [6.07, 6.45) is 3.75. The van der Waals surface area contributed by atoms with E-state index < -0.39 is 0 Å². The molecule has 1 unspecified atom stereocenters. The van der Waals surface area contributed by atoms with Gasteiger partial charge >= 0.3 is 0 Å². The number of methoxy groups -OCH3 is 1. The number of rotatable bonds is 5. The standard InChI is InChI=1S/C17H22N2O3/c1-12(2)19-9-8-14(18-19)13-6-7-15(20-3)16(11-13)22-17-5-4-10-21-17/h6-9,11-12,17H,4-5,10H2,1-3H3. The summed E-state index contributed by atoms with van der Waals surface area (Å²) in [5, 5.41) is 4.60. The van der Waals surface area contributed by atoms with Gasteiger partial charge in [-0.05, 0) is 44.5 Å². The molecule has 1 saturated heterocycles. The van der Waals surface area contributed by atoms with Crippen molar-refractivity contribution in [3.63, 3.8) is 0 Å². The van der Waals surface area contributed by atoms with E-state index in [4.69, 9.17) is 14.2 Å². The van der Waals surface area contributed by atoms with Gasteiger partial charge in [-0.25, -0.2) is 0 Å². The first-order chi connectivity index (χ1) is 10.7. The molecule has 2 aromatic rings. The molecule has 22 heavy (non-hydrogen) atoms. The summed E-state index contributed by atoms with van der Waals surface area (Å²) in [5.74, 6) is 1.41. The highest BCUT2D eigenvalue weighted by atomic mass is 16.7. The van der Waals surface area contributed by atoms with E-state index in [1.807, 2.05) is 35.1 Å². The van der Waals surface area contributed by atoms with Gasteiger partial charge in [-0.1, -0.05) is 0 Å². The van der Waals surface area contributed by atoms with Crippen LogP contribution in [0.2, 0.25) is 0 Å². The second kappa shape index (κ2) is 6.40. The molecule has 2 heterocycles. The Bertz CT molecular complexity index is 631. The molecular formula is C17H22N2O3. The first-order valence-corrected chi connectivity index (χ1v) is 7.69. The Balaban J connectivity index is 1.87. The lowest BCUT2D eigenvalue weighted by Crippen LogP contribution is -2.14. The zero-order valence-electron chi connectivity index (χ0n) is 13.3. The van der Waals surface area contributed by atoms with Gasteiger partial charge in [0, 0.05) is 24.2 Å². The topological polar surface area (TPSA) is 45.5 Å². The molecule has 5 heteroatoms. The normalized spacial score (nSPS) is 17.9. The van der Waals surface area contributed by atoms with Crippen molar-refractivity contribution in [2.75, 3.05) is 13.7 Å². The average Bonchev–Trinajstić information content (AvgIpc) is 3.18. The van der Waals surface area contributed by atoms with Gasteiger partial charge in [0.25, 0.3) is 0 Å². The number of hydrogen-bond acceptors (Lipinski definition) is 4. The Morgan fingerprint density at radius 3 is 2.77 bits per heavy atom. The Morgan fingerprint density at radius 1 is 1.27 bits per heavy atom. The molecule has 0 spiro atoms. The van der Waals surface area contributed by atoms with Crippen LogP contribution >= 0.6 is 0 Å². The van der Waals surface area contributed by atoms with Gasteiger partial charge in [0.15, 0.2) is 17.8 Å². The number of nitrogens with zero attached hydrogens (tertiary/aromatic N) is 2. The molecule has 5 nitrogen and oxygen atoms in total. The molecule has 1 aromatic carbocycles. The zero-order chi connectivity index (χ0) is 15.5. The van der Waals surface area contributed by atoms with Crippen molar-refractivity contribution in [2.24, 2.45) is 0 Å². The van der Waals surface area contributed by atoms with E-state index in [9.17, 15) is 0 Å². The minimum atomic E-state index is -0.183. The van der Waals surface area contributed by atoms with E-state index in [1.54, 1.807) is 7.11 Å². The summed E-state index contributed by atoms with van der Waals surface area (Å²) in [6, 6.07) is 8.22. The van der Waals surface area contributed by atoms with Gasteiger partial charge in [-0.2, -0.15) is 5.10 Å². The lowest BCUT2D eigenvalue weighted by molar-refractivity contribution is -0.0402. The van der Waals surface area contributed by atoms with Crippen molar-refractivity contribution in [2.45, 2.75) is 39.0 Å². The van der Waals surface area contributed by atoms with Crippen LogP contribution in [0.3, 0.4) is 0 Å². The van der Waals surface area contributed by atoms with E-state index in [0.29, 0.717) is 17.5 Å². The fourth-order valence-corrected chi connectivity index (χ4v) is 2.49. The summed E-state index contributed by atoms with van der Waals surface area (Å²) < 4.78 is 18.8. The average molecular weight is 302 g/mol. The SMILES string of the molecule is COc1ccc(-c2ccn(C(C)C)n2)cc1OC1CCCO1. The fourth-order valence-electron chi connectivity index (χ4n) is 2.49. The van der Waals surface area contributed by atoms with Crippen molar-refractivity contribution >= 4 is 0 Å². The monoisotopic (exact) mass is 302 g/mol. The highest BCUT2D eigenvalue weighted by Crippen LogP contribution is 2.34. The van der Waals surface area contributed by atoms with E-state index in [2.05, 4.69) is 18.9 Å². The molecule has 0 N–H and O–H groups in total. The highest BCUT2D eigenvalue weighted by Gasteiger charge is 2.19. The van der Waals surface area contributed by atoms with Crippen LogP contribution < -0.4 is 9.47 Å². The third-order valence-electron chi connectivity index (χ3n) is 3.74. The molecule has 1 aromatic heterocycles. The molecule has 0 radical (unpaired) electrons. The molecule has 3 rings (SSSR count). The maximum atomic E-state index is 5.93. The molecule has 0 aliphatic carbocycles. The molecule has 0 saturated carbocycles. The Kier molecular flexibility index (Phi) is 4.34. The molecule has 1 aliphatic rings. The molecule has 0 bridgehead atoms. The molecule has 1 aliphatic heterocycles. The van der Waals surface area contributed by atoms with Crippen LogP contribution in [0.1, 0.15) is 32.7 Å². The van der Waals surface area contributed by atoms with Crippen molar-refractivity contribution in [3.8, 4) is 22.8 Å². The summed E-state index contributed by atoms with van der Waals surface area (Å²) in [4.78, 5) is 0. The smallest absolute Gasteiger partial charge is 0.200 e. The van der Waals surface area contributed by atoms with Crippen LogP contribution in [0.15, 0.2) is 30.5 Å². The van der Waals surface area contributed by atoms with Crippen LogP contribution in [0.4, 0.5) is 0 Å². The molecule has 118 valence electrons. The maximum absolute atomic E-state index is 5.93. The summed E-state index contributed by atoms with van der Waals surface area (Å²) in [6.45, 7) is 4.97. The number of benzene rings is 1. The highest BCUT2D eigenvalue weighted by molar-refractivity contribution is 5.63. The minimum absolute atomic E-state index is 0.183. The van der Waals surface area contributed by atoms with Gasteiger partial charge in [-0.3, -0.25) is 4.68 Å². The van der Waals surface area contributed by atoms with Crippen molar-refractivity contribution in [1.29, 1.82) is 0 Å². The predicted molar refractivity (Wildman–Crippen MR) is 84.2 cm³/mol. The molecule has 0 amide bonds. The first kappa shape index (κ1) is 14.9. The first-order valence-electron chi connectivity index (χ1n) is 7.69. The van der Waals surface area contributed by atoms with E-state index >= 15 is 0 Å². The van der Waals surface area contributed by atoms with Crippen molar-refractivity contribution in [1.82, 2.24) is 9.78 Å². The van der Waals surface area contributed by atoms with Crippen LogP contribution in [-0.2, 0) is 4.74 Å². The Morgan fingerprint density at radius 2 is 2.14 bits per heavy atom. The molecular weight excluding hydrogens is 280 g/mol. The second-order valence-corrected chi connectivity index (χ2v) is 5.70. The van der Waals surface area contributed by atoms with E-state index in [1.165, 1.54) is 0 Å². The van der Waals surface area contributed by atoms with Crippen LogP contribution in [0.25, 0.3) is 11.3 Å².